The summed E-state index contributed by atoms with van der Waals surface area (Å²) in [4.78, 5) is 12.2. The van der Waals surface area contributed by atoms with Crippen molar-refractivity contribution in [2.45, 2.75) is 119 Å². The van der Waals surface area contributed by atoms with Crippen LogP contribution in [0.1, 0.15) is 105 Å². The van der Waals surface area contributed by atoms with Gasteiger partial charge in [-0.25, -0.2) is 4.79 Å². The van der Waals surface area contributed by atoms with Crippen molar-refractivity contribution in [3.63, 3.8) is 0 Å². The van der Waals surface area contributed by atoms with E-state index in [-0.39, 0.29) is 17.5 Å². The Morgan fingerprint density at radius 2 is 1.59 bits per heavy atom. The van der Waals surface area contributed by atoms with E-state index >= 15 is 0 Å². The SMILES string of the molecule is C/C=C(\C)[C@H](O)[C@H](C)[C@H](O)C/C=C(C)/C=C(\C)C/C(C)=C/C/C=C(\C)[C@H](O)[C@H](C)c1ccc(CCC)c(=O)o1. The first-order chi connectivity index (χ1) is 18.3. The van der Waals surface area contributed by atoms with Gasteiger partial charge in [-0.05, 0) is 90.5 Å². The molecule has 5 atom stereocenters. The summed E-state index contributed by atoms with van der Waals surface area (Å²) >= 11 is 0. The zero-order valence-electron chi connectivity index (χ0n) is 25.6. The molecule has 0 saturated heterocycles. The Bertz CT molecular complexity index is 1110. The van der Waals surface area contributed by atoms with Crippen LogP contribution in [0.5, 0.6) is 0 Å². The van der Waals surface area contributed by atoms with Crippen molar-refractivity contribution < 1.29 is 19.7 Å². The van der Waals surface area contributed by atoms with Crippen LogP contribution in [0.3, 0.4) is 0 Å². The predicted octanol–water partition coefficient (Wildman–Crippen LogP) is 7.34. The van der Waals surface area contributed by atoms with Gasteiger partial charge in [0.2, 0.25) is 0 Å². The first-order valence-electron chi connectivity index (χ1n) is 14.3. The highest BCUT2D eigenvalue weighted by Crippen LogP contribution is 2.24. The van der Waals surface area contributed by atoms with E-state index in [1.807, 2.05) is 72.8 Å². The van der Waals surface area contributed by atoms with Gasteiger partial charge in [0.25, 0.3) is 0 Å². The van der Waals surface area contributed by atoms with Crippen LogP contribution in [-0.2, 0) is 6.42 Å². The molecule has 5 nitrogen and oxygen atoms in total. The largest absolute Gasteiger partial charge is 0.427 e. The van der Waals surface area contributed by atoms with Gasteiger partial charge < -0.3 is 19.7 Å². The first kappa shape index (κ1) is 34.6. The smallest absolute Gasteiger partial charge is 0.339 e. The molecular weight excluding hydrogens is 488 g/mol. The fourth-order valence-corrected chi connectivity index (χ4v) is 4.60. The standard InChI is InChI=1S/C34H52O5/c1-10-13-29-17-19-31(39-34(29)38)28(9)33(37)26(7)15-12-14-22(3)20-24(5)21-23(4)16-18-30(35)27(8)32(36)25(6)11-2/h11,14-17,19,21,27-28,30,32-33,35-37H,10,12-13,18,20H2,1-9H3/b22-14+,23-16+,24-21+,25-11+,26-15+/t27-,28-,30-,32+,33+/m1/s1. The average molecular weight is 541 g/mol. The minimum atomic E-state index is -0.727. The summed E-state index contributed by atoms with van der Waals surface area (Å²) in [5.41, 5.74) is 5.63. The molecule has 1 heterocycles. The van der Waals surface area contributed by atoms with Crippen molar-refractivity contribution in [1.82, 2.24) is 0 Å². The van der Waals surface area contributed by atoms with Gasteiger partial charge in [0.1, 0.15) is 5.76 Å². The third-order valence-electron chi connectivity index (χ3n) is 7.48. The summed E-state index contributed by atoms with van der Waals surface area (Å²) in [6.45, 7) is 17.7. The van der Waals surface area contributed by atoms with Crippen molar-refractivity contribution in [3.05, 3.63) is 92.1 Å². The van der Waals surface area contributed by atoms with Gasteiger partial charge in [-0.15, -0.1) is 0 Å². The highest BCUT2D eigenvalue weighted by atomic mass is 16.4. The number of aliphatic hydroxyl groups excluding tert-OH is 3. The molecule has 0 aromatic carbocycles. The molecule has 1 aromatic heterocycles. The summed E-state index contributed by atoms with van der Waals surface area (Å²) in [5.74, 6) is -0.0444. The summed E-state index contributed by atoms with van der Waals surface area (Å²) in [6, 6.07) is 3.61. The number of aryl methyl sites for hydroxylation is 1. The maximum atomic E-state index is 12.2. The molecule has 0 aliphatic carbocycles. The molecule has 0 fully saturated rings. The number of rotatable bonds is 15. The van der Waals surface area contributed by atoms with Crippen LogP contribution >= 0.6 is 0 Å². The molecule has 0 amide bonds. The van der Waals surface area contributed by atoms with Crippen LogP contribution in [-0.4, -0.2) is 33.6 Å². The Hall–Kier alpha value is -2.47. The first-order valence-corrected chi connectivity index (χ1v) is 14.3. The molecule has 5 heteroatoms. The summed E-state index contributed by atoms with van der Waals surface area (Å²) in [6.07, 6.45) is 11.9. The van der Waals surface area contributed by atoms with Gasteiger partial charge in [-0.2, -0.15) is 0 Å². The number of hydrogen-bond acceptors (Lipinski definition) is 5. The van der Waals surface area contributed by atoms with Gasteiger partial charge in [0.15, 0.2) is 0 Å². The lowest BCUT2D eigenvalue weighted by molar-refractivity contribution is 0.0415. The molecule has 1 rings (SSSR count). The van der Waals surface area contributed by atoms with E-state index < -0.39 is 18.3 Å². The molecule has 1 aromatic rings. The Morgan fingerprint density at radius 3 is 2.18 bits per heavy atom. The van der Waals surface area contributed by atoms with Crippen LogP contribution in [0.25, 0.3) is 0 Å². The molecule has 218 valence electrons. The second kappa shape index (κ2) is 17.3. The molecule has 0 radical (unpaired) electrons. The van der Waals surface area contributed by atoms with Crippen LogP contribution in [0.4, 0.5) is 0 Å². The Balaban J connectivity index is 2.70. The number of allylic oxidation sites excluding steroid dienone is 7. The van der Waals surface area contributed by atoms with Gasteiger partial charge in [0.05, 0.1) is 18.3 Å². The van der Waals surface area contributed by atoms with E-state index in [9.17, 15) is 20.1 Å². The molecule has 0 unspecified atom stereocenters. The average Bonchev–Trinajstić information content (AvgIpc) is 2.90. The van der Waals surface area contributed by atoms with Crippen LogP contribution < -0.4 is 5.63 Å². The predicted molar refractivity (Wildman–Crippen MR) is 163 cm³/mol. The Morgan fingerprint density at radius 1 is 0.923 bits per heavy atom. The normalized spacial score (nSPS) is 18.1. The molecule has 3 N–H and O–H groups in total. The Labute approximate surface area is 236 Å². The quantitative estimate of drug-likeness (QED) is 0.160. The van der Waals surface area contributed by atoms with Crippen molar-refractivity contribution >= 4 is 0 Å². The molecular formula is C34H52O5. The monoisotopic (exact) mass is 540 g/mol. The van der Waals surface area contributed by atoms with E-state index in [4.69, 9.17) is 4.42 Å². The van der Waals surface area contributed by atoms with Crippen LogP contribution in [0.2, 0.25) is 0 Å². The van der Waals surface area contributed by atoms with Crippen molar-refractivity contribution in [2.24, 2.45) is 5.92 Å². The third-order valence-corrected chi connectivity index (χ3v) is 7.48. The van der Waals surface area contributed by atoms with Gasteiger partial charge in [0, 0.05) is 17.4 Å². The number of hydrogen-bond donors (Lipinski definition) is 3. The Kier molecular flexibility index (Phi) is 15.3. The zero-order valence-corrected chi connectivity index (χ0v) is 25.6. The van der Waals surface area contributed by atoms with Gasteiger partial charge in [-0.1, -0.05) is 74.3 Å². The van der Waals surface area contributed by atoms with Crippen molar-refractivity contribution in [2.75, 3.05) is 0 Å². The molecule has 39 heavy (non-hydrogen) atoms. The summed E-state index contributed by atoms with van der Waals surface area (Å²) in [5, 5.41) is 31.6. The molecule has 0 bridgehead atoms. The van der Waals surface area contributed by atoms with Gasteiger partial charge >= 0.3 is 5.63 Å². The molecule has 0 aliphatic heterocycles. The van der Waals surface area contributed by atoms with Crippen molar-refractivity contribution in [1.29, 1.82) is 0 Å². The lowest BCUT2D eigenvalue weighted by Crippen LogP contribution is -2.29. The summed E-state index contributed by atoms with van der Waals surface area (Å²) in [7, 11) is 0. The fraction of sp³-hybridized carbons (Fsp3) is 0.559. The second-order valence-corrected chi connectivity index (χ2v) is 11.1. The summed E-state index contributed by atoms with van der Waals surface area (Å²) < 4.78 is 5.49. The van der Waals surface area contributed by atoms with Crippen LogP contribution in [0, 0.1) is 5.92 Å². The van der Waals surface area contributed by atoms with E-state index in [0.717, 1.165) is 29.6 Å². The lowest BCUT2D eigenvalue weighted by Gasteiger charge is -2.24. The molecule has 0 saturated carbocycles. The van der Waals surface area contributed by atoms with Gasteiger partial charge in [-0.3, -0.25) is 0 Å². The topological polar surface area (TPSA) is 90.9 Å². The molecule has 0 spiro atoms. The highest BCUT2D eigenvalue weighted by molar-refractivity contribution is 5.25. The van der Waals surface area contributed by atoms with E-state index in [1.165, 1.54) is 11.1 Å². The fourth-order valence-electron chi connectivity index (χ4n) is 4.60. The van der Waals surface area contributed by atoms with E-state index in [1.54, 1.807) is 6.07 Å². The third kappa shape index (κ3) is 11.7. The maximum absolute atomic E-state index is 12.2. The van der Waals surface area contributed by atoms with E-state index in [0.29, 0.717) is 30.6 Å². The number of aliphatic hydroxyl groups is 3. The second-order valence-electron chi connectivity index (χ2n) is 11.1. The van der Waals surface area contributed by atoms with Crippen molar-refractivity contribution in [3.8, 4) is 0 Å². The zero-order chi connectivity index (χ0) is 29.7. The minimum absolute atomic E-state index is 0.233. The highest BCUT2D eigenvalue weighted by Gasteiger charge is 2.23. The lowest BCUT2D eigenvalue weighted by atomic mass is 9.91. The minimum Gasteiger partial charge on any atom is -0.427 e. The maximum Gasteiger partial charge on any atom is 0.339 e. The van der Waals surface area contributed by atoms with E-state index in [2.05, 4.69) is 26.0 Å². The molecule has 0 aliphatic rings. The van der Waals surface area contributed by atoms with Crippen LogP contribution in [0.15, 0.2) is 79.6 Å².